The predicted octanol–water partition coefficient (Wildman–Crippen LogP) is 14.8. The lowest BCUT2D eigenvalue weighted by molar-refractivity contribution is 0.0482. The third-order valence-electron chi connectivity index (χ3n) is 11.2. The van der Waals surface area contributed by atoms with Gasteiger partial charge in [-0.15, -0.1) is 0 Å². The molecule has 0 amide bonds. The Morgan fingerprint density at radius 2 is 0.808 bits per heavy atom. The molecule has 3 heteroatoms. The van der Waals surface area contributed by atoms with E-state index < -0.39 is 0 Å². The fourth-order valence-corrected chi connectivity index (χ4v) is 7.76. The Kier molecular flexibility index (Phi) is 32.8. The van der Waals surface area contributed by atoms with Gasteiger partial charge >= 0.3 is 0 Å². The first kappa shape index (κ1) is 46.7. The SMILES string of the molecule is CCCCCCCC/C=C\CCCCCCCCOC[C@H]1CN(Cc2ccccc2)C[C@@H]1COCCCCCCCC/C=C\CCCCCCCC. The van der Waals surface area contributed by atoms with Crippen molar-refractivity contribution < 1.29 is 9.47 Å². The van der Waals surface area contributed by atoms with Gasteiger partial charge in [0.1, 0.15) is 0 Å². The van der Waals surface area contributed by atoms with E-state index in [1.807, 2.05) is 0 Å². The van der Waals surface area contributed by atoms with Crippen molar-refractivity contribution in [2.45, 2.75) is 200 Å². The van der Waals surface area contributed by atoms with Crippen molar-refractivity contribution in [1.82, 2.24) is 4.90 Å². The first-order valence-electron chi connectivity index (χ1n) is 23.0. The molecule has 2 rings (SSSR count). The highest BCUT2D eigenvalue weighted by molar-refractivity contribution is 5.14. The molecule has 1 aliphatic heterocycles. The van der Waals surface area contributed by atoms with Gasteiger partial charge in [0.25, 0.3) is 0 Å². The number of hydrogen-bond acceptors (Lipinski definition) is 3. The van der Waals surface area contributed by atoms with Crippen molar-refractivity contribution in [1.29, 1.82) is 0 Å². The number of likely N-dealkylation sites (tertiary alicyclic amines) is 1. The fraction of sp³-hybridized carbons (Fsp3) is 0.796. The van der Waals surface area contributed by atoms with Crippen LogP contribution in [0.4, 0.5) is 0 Å². The van der Waals surface area contributed by atoms with Crippen molar-refractivity contribution >= 4 is 0 Å². The molecule has 0 aromatic heterocycles. The Labute approximate surface area is 325 Å². The Hall–Kier alpha value is -1.42. The molecule has 0 bridgehead atoms. The first-order valence-corrected chi connectivity index (χ1v) is 23.0. The highest BCUT2D eigenvalue weighted by atomic mass is 16.5. The molecule has 0 aliphatic carbocycles. The maximum absolute atomic E-state index is 6.31. The molecule has 300 valence electrons. The van der Waals surface area contributed by atoms with Gasteiger partial charge < -0.3 is 9.47 Å². The maximum atomic E-state index is 6.31. The van der Waals surface area contributed by atoms with Gasteiger partial charge in [0, 0.05) is 44.7 Å². The topological polar surface area (TPSA) is 21.7 Å². The molecule has 0 radical (unpaired) electrons. The Bertz CT molecular complexity index is 859. The molecule has 1 heterocycles. The zero-order valence-electron chi connectivity index (χ0n) is 34.9. The zero-order valence-corrected chi connectivity index (χ0v) is 34.9. The number of ether oxygens (including phenoxy) is 2. The summed E-state index contributed by atoms with van der Waals surface area (Å²) < 4.78 is 12.6. The summed E-state index contributed by atoms with van der Waals surface area (Å²) in [5, 5.41) is 0. The van der Waals surface area contributed by atoms with Crippen LogP contribution in [0, 0.1) is 11.8 Å². The second-order valence-corrected chi connectivity index (χ2v) is 16.2. The van der Waals surface area contributed by atoms with Crippen LogP contribution in [0.3, 0.4) is 0 Å². The van der Waals surface area contributed by atoms with Gasteiger partial charge in [-0.3, -0.25) is 4.90 Å². The van der Waals surface area contributed by atoms with Crippen LogP contribution in [0.25, 0.3) is 0 Å². The van der Waals surface area contributed by atoms with Gasteiger partial charge in [0.15, 0.2) is 0 Å². The van der Waals surface area contributed by atoms with E-state index in [-0.39, 0.29) is 0 Å². The minimum atomic E-state index is 0.581. The molecule has 0 N–H and O–H groups in total. The third kappa shape index (κ3) is 28.1. The second kappa shape index (κ2) is 36.6. The molecular formula is C49H87NO2. The second-order valence-electron chi connectivity index (χ2n) is 16.2. The number of allylic oxidation sites excluding steroid dienone is 4. The lowest BCUT2D eigenvalue weighted by Gasteiger charge is -2.18. The van der Waals surface area contributed by atoms with Crippen LogP contribution in [-0.4, -0.2) is 44.4 Å². The lowest BCUT2D eigenvalue weighted by Crippen LogP contribution is -2.23. The van der Waals surface area contributed by atoms with Crippen LogP contribution < -0.4 is 0 Å². The van der Waals surface area contributed by atoms with Gasteiger partial charge in [0.05, 0.1) is 13.2 Å². The number of hydrogen-bond donors (Lipinski definition) is 0. The average molecular weight is 722 g/mol. The molecule has 1 aromatic carbocycles. The summed E-state index contributed by atoms with van der Waals surface area (Å²) in [6.45, 7) is 11.5. The van der Waals surface area contributed by atoms with Crippen LogP contribution in [0.2, 0.25) is 0 Å². The standard InChI is InChI=1S/C49H87NO2/c1-3-5-7-9-11-13-15-17-19-21-23-25-27-29-31-36-40-51-45-48-43-50(42-47-38-34-33-35-39-47)44-49(48)46-52-41-37-32-30-28-26-24-22-20-18-16-14-12-10-8-6-4-2/h17-20,33-35,38-39,48-49H,3-16,21-32,36-37,40-46H2,1-2H3/b19-17-,20-18-/t48-,49-/m1/s1. The van der Waals surface area contributed by atoms with E-state index in [0.29, 0.717) is 11.8 Å². The van der Waals surface area contributed by atoms with Crippen molar-refractivity contribution in [2.75, 3.05) is 39.5 Å². The molecular weight excluding hydrogens is 635 g/mol. The largest absolute Gasteiger partial charge is 0.381 e. The highest BCUT2D eigenvalue weighted by Gasteiger charge is 2.33. The quantitative estimate of drug-likeness (QED) is 0.0501. The summed E-state index contributed by atoms with van der Waals surface area (Å²) in [6, 6.07) is 11.0. The van der Waals surface area contributed by atoms with E-state index in [1.54, 1.807) is 0 Å². The number of unbranched alkanes of at least 4 members (excludes halogenated alkanes) is 24. The van der Waals surface area contributed by atoms with Gasteiger partial charge in [-0.25, -0.2) is 0 Å². The Balaban J connectivity index is 1.47. The molecule has 2 atom stereocenters. The molecule has 1 saturated heterocycles. The normalized spacial score (nSPS) is 16.7. The summed E-state index contributed by atoms with van der Waals surface area (Å²) in [5.41, 5.74) is 1.41. The van der Waals surface area contributed by atoms with Crippen molar-refractivity contribution in [3.05, 3.63) is 60.2 Å². The average Bonchev–Trinajstić information content (AvgIpc) is 3.54. The Morgan fingerprint density at radius 3 is 1.19 bits per heavy atom. The fourth-order valence-electron chi connectivity index (χ4n) is 7.76. The summed E-state index contributed by atoms with van der Waals surface area (Å²) in [4.78, 5) is 2.63. The molecule has 1 aliphatic rings. The summed E-state index contributed by atoms with van der Waals surface area (Å²) in [5.74, 6) is 1.16. The van der Waals surface area contributed by atoms with Crippen molar-refractivity contribution in [3.63, 3.8) is 0 Å². The van der Waals surface area contributed by atoms with Crippen LogP contribution in [0.1, 0.15) is 199 Å². The summed E-state index contributed by atoms with van der Waals surface area (Å²) >= 11 is 0. The van der Waals surface area contributed by atoms with Gasteiger partial charge in [-0.05, 0) is 69.8 Å². The lowest BCUT2D eigenvalue weighted by atomic mass is 9.98. The van der Waals surface area contributed by atoms with E-state index in [1.165, 1.54) is 185 Å². The molecule has 0 saturated carbocycles. The third-order valence-corrected chi connectivity index (χ3v) is 11.2. The smallest absolute Gasteiger partial charge is 0.0510 e. The zero-order chi connectivity index (χ0) is 36.8. The summed E-state index contributed by atoms with van der Waals surface area (Å²) in [7, 11) is 0. The monoisotopic (exact) mass is 722 g/mol. The van der Waals surface area contributed by atoms with Crippen LogP contribution in [0.15, 0.2) is 54.6 Å². The molecule has 1 aromatic rings. The minimum absolute atomic E-state index is 0.581. The van der Waals surface area contributed by atoms with Gasteiger partial charge in [-0.2, -0.15) is 0 Å². The Morgan fingerprint density at radius 1 is 0.462 bits per heavy atom. The first-order chi connectivity index (χ1) is 25.8. The molecule has 1 fully saturated rings. The molecule has 0 unspecified atom stereocenters. The molecule has 3 nitrogen and oxygen atoms in total. The van der Waals surface area contributed by atoms with E-state index in [2.05, 4.69) is 73.4 Å². The van der Waals surface area contributed by atoms with Crippen molar-refractivity contribution in [3.8, 4) is 0 Å². The van der Waals surface area contributed by atoms with Crippen LogP contribution >= 0.6 is 0 Å². The molecule has 0 spiro atoms. The van der Waals surface area contributed by atoms with Crippen LogP contribution in [-0.2, 0) is 16.0 Å². The van der Waals surface area contributed by atoms with E-state index >= 15 is 0 Å². The maximum Gasteiger partial charge on any atom is 0.0510 e. The predicted molar refractivity (Wildman–Crippen MR) is 229 cm³/mol. The van der Waals surface area contributed by atoms with Crippen molar-refractivity contribution in [2.24, 2.45) is 11.8 Å². The van der Waals surface area contributed by atoms with Gasteiger partial charge in [0.2, 0.25) is 0 Å². The van der Waals surface area contributed by atoms with E-state index in [9.17, 15) is 0 Å². The van der Waals surface area contributed by atoms with E-state index in [4.69, 9.17) is 9.47 Å². The number of benzene rings is 1. The highest BCUT2D eigenvalue weighted by Crippen LogP contribution is 2.26. The van der Waals surface area contributed by atoms with E-state index in [0.717, 1.165) is 46.1 Å². The van der Waals surface area contributed by atoms with Crippen LogP contribution in [0.5, 0.6) is 0 Å². The minimum Gasteiger partial charge on any atom is -0.381 e. The number of nitrogens with zero attached hydrogens (tertiary/aromatic N) is 1. The summed E-state index contributed by atoms with van der Waals surface area (Å²) in [6.07, 6.45) is 47.5. The van der Waals surface area contributed by atoms with Gasteiger partial charge in [-0.1, -0.05) is 184 Å². The molecule has 52 heavy (non-hydrogen) atoms. The number of rotatable bonds is 38.